The lowest BCUT2D eigenvalue weighted by Gasteiger charge is -2.21. The quantitative estimate of drug-likeness (QED) is 0.0197. The molecular formula is C54H91O11P. The van der Waals surface area contributed by atoms with E-state index in [0.29, 0.717) is 19.3 Å². The van der Waals surface area contributed by atoms with Gasteiger partial charge in [0.1, 0.15) is 12.7 Å². The molecule has 11 nitrogen and oxygen atoms in total. The first-order valence-corrected chi connectivity index (χ1v) is 27.0. The minimum Gasteiger partial charge on any atom is -0.462 e. The Hall–Kier alpha value is -3.34. The monoisotopic (exact) mass is 947 g/mol. The molecule has 0 aliphatic carbocycles. The Morgan fingerprint density at radius 3 is 1.24 bits per heavy atom. The topological polar surface area (TPSA) is 155 Å². The lowest BCUT2D eigenvalue weighted by molar-refractivity contribution is -0.161. The van der Waals surface area contributed by atoms with E-state index in [-0.39, 0.29) is 25.9 Å². The zero-order chi connectivity index (χ0) is 48.4. The second-order valence-electron chi connectivity index (χ2n) is 16.6. The van der Waals surface area contributed by atoms with Crippen LogP contribution in [0.1, 0.15) is 201 Å². The number of hydrogen-bond acceptors (Lipinski definition) is 10. The van der Waals surface area contributed by atoms with Crippen LogP contribution in [-0.4, -0.2) is 66.5 Å². The summed E-state index contributed by atoms with van der Waals surface area (Å²) < 4.78 is 39.2. The Morgan fingerprint density at radius 2 is 0.788 bits per heavy atom. The van der Waals surface area contributed by atoms with Gasteiger partial charge in [0.15, 0.2) is 6.10 Å². The molecule has 3 atom stereocenters. The number of ether oxygens (including phenoxy) is 3. The van der Waals surface area contributed by atoms with Crippen LogP contribution in [0.2, 0.25) is 0 Å². The average molecular weight is 947 g/mol. The standard InChI is InChI=1S/C54H91O11P/c1-4-7-10-13-16-19-21-23-25-27-29-32-35-38-41-44-53(57)64-50(46-55)48-62-66(59,60)63-49-51(47-61-52(56)43-40-37-34-31-18-15-12-9-6-3)65-54(58)45-42-39-36-33-30-28-26-24-22-20-17-14-11-8-5-2/h7-8,10-11,16-17,19-20,23-26,30,33,50-51,55H,4-6,9,12-15,18,21-22,27-29,31-32,34-49H2,1-3H3,(H,59,60)/b10-7-,11-8-,19-16-,20-17-,25-23-,26-24-,33-30-. The first-order chi connectivity index (χ1) is 32.2. The SMILES string of the molecule is CC/C=C\C/C=C\C/C=C\C/C=C\CCCCC(=O)OC(COC(=O)CCCCCCCCCCC)COP(=O)(O)OCC(CO)OC(=O)CCCCCCC/C=C\C/C=C\C/C=C\CC. The maximum atomic E-state index is 12.8. The highest BCUT2D eigenvalue weighted by molar-refractivity contribution is 7.47. The highest BCUT2D eigenvalue weighted by Gasteiger charge is 2.28. The number of carbonyl (C=O) groups is 3. The van der Waals surface area contributed by atoms with Gasteiger partial charge in [-0.1, -0.05) is 176 Å². The van der Waals surface area contributed by atoms with Crippen LogP contribution in [0.15, 0.2) is 85.1 Å². The largest absolute Gasteiger partial charge is 0.472 e. The third-order valence-electron chi connectivity index (χ3n) is 10.3. The smallest absolute Gasteiger partial charge is 0.462 e. The van der Waals surface area contributed by atoms with Crippen molar-refractivity contribution >= 4 is 25.7 Å². The van der Waals surface area contributed by atoms with Gasteiger partial charge in [-0.3, -0.25) is 23.4 Å². The summed E-state index contributed by atoms with van der Waals surface area (Å²) in [6.07, 6.45) is 52.8. The number of unbranched alkanes of at least 4 members (excludes halogenated alkanes) is 15. The summed E-state index contributed by atoms with van der Waals surface area (Å²) in [4.78, 5) is 48.2. The van der Waals surface area contributed by atoms with E-state index in [1.54, 1.807) is 0 Å². The molecule has 2 N–H and O–H groups in total. The molecule has 0 radical (unpaired) electrons. The van der Waals surface area contributed by atoms with E-state index in [1.807, 2.05) is 0 Å². The van der Waals surface area contributed by atoms with Crippen molar-refractivity contribution in [1.29, 1.82) is 0 Å². The van der Waals surface area contributed by atoms with Crippen LogP contribution in [0, 0.1) is 0 Å². The summed E-state index contributed by atoms with van der Waals surface area (Å²) in [5.41, 5.74) is 0. The molecule has 0 aliphatic rings. The Bertz CT molecular complexity index is 1430. The van der Waals surface area contributed by atoms with Crippen molar-refractivity contribution in [3.8, 4) is 0 Å². The third-order valence-corrected chi connectivity index (χ3v) is 11.3. The van der Waals surface area contributed by atoms with Gasteiger partial charge < -0.3 is 24.2 Å². The lowest BCUT2D eigenvalue weighted by atomic mass is 10.1. The molecule has 0 aromatic heterocycles. The first kappa shape index (κ1) is 62.7. The lowest BCUT2D eigenvalue weighted by Crippen LogP contribution is -2.30. The summed E-state index contributed by atoms with van der Waals surface area (Å²) >= 11 is 0. The molecule has 0 saturated heterocycles. The van der Waals surface area contributed by atoms with Crippen LogP contribution in [0.25, 0.3) is 0 Å². The van der Waals surface area contributed by atoms with Gasteiger partial charge in [-0.25, -0.2) is 4.57 Å². The van der Waals surface area contributed by atoms with E-state index in [2.05, 4.69) is 106 Å². The Kier molecular flexibility index (Phi) is 45.7. The van der Waals surface area contributed by atoms with Crippen molar-refractivity contribution in [2.45, 2.75) is 213 Å². The van der Waals surface area contributed by atoms with Crippen molar-refractivity contribution in [1.82, 2.24) is 0 Å². The summed E-state index contributed by atoms with van der Waals surface area (Å²) in [5, 5.41) is 9.77. The van der Waals surface area contributed by atoms with Crippen molar-refractivity contribution in [3.05, 3.63) is 85.1 Å². The zero-order valence-corrected chi connectivity index (χ0v) is 42.3. The Morgan fingerprint density at radius 1 is 0.439 bits per heavy atom. The fourth-order valence-electron chi connectivity index (χ4n) is 6.48. The van der Waals surface area contributed by atoms with Crippen molar-refractivity contribution in [2.24, 2.45) is 0 Å². The van der Waals surface area contributed by atoms with E-state index < -0.39 is 57.8 Å². The first-order valence-electron chi connectivity index (χ1n) is 25.5. The average Bonchev–Trinajstić information content (AvgIpc) is 3.30. The number of phosphoric acid groups is 1. The third kappa shape index (κ3) is 45.8. The fourth-order valence-corrected chi connectivity index (χ4v) is 7.26. The molecule has 0 rings (SSSR count). The van der Waals surface area contributed by atoms with Crippen LogP contribution in [0.4, 0.5) is 0 Å². The molecule has 0 spiro atoms. The number of hydrogen-bond donors (Lipinski definition) is 2. The molecule has 378 valence electrons. The van der Waals surface area contributed by atoms with E-state index in [0.717, 1.165) is 109 Å². The number of aliphatic hydroxyl groups excluding tert-OH is 1. The number of esters is 3. The van der Waals surface area contributed by atoms with E-state index >= 15 is 0 Å². The molecule has 0 fully saturated rings. The molecule has 0 bridgehead atoms. The second kappa shape index (κ2) is 48.1. The molecule has 3 unspecified atom stereocenters. The zero-order valence-electron chi connectivity index (χ0n) is 41.4. The van der Waals surface area contributed by atoms with Gasteiger partial charge >= 0.3 is 25.7 Å². The number of carbonyl (C=O) groups excluding carboxylic acids is 3. The fraction of sp³-hybridized carbons (Fsp3) is 0.685. The molecule has 66 heavy (non-hydrogen) atoms. The van der Waals surface area contributed by atoms with Gasteiger partial charge in [-0.2, -0.15) is 0 Å². The summed E-state index contributed by atoms with van der Waals surface area (Å²) in [6.45, 7) is 4.30. The van der Waals surface area contributed by atoms with Gasteiger partial charge in [0.25, 0.3) is 0 Å². The molecule has 0 amide bonds. The van der Waals surface area contributed by atoms with Crippen LogP contribution in [-0.2, 0) is 42.2 Å². The van der Waals surface area contributed by atoms with Crippen LogP contribution >= 0.6 is 7.82 Å². The van der Waals surface area contributed by atoms with Crippen LogP contribution in [0.3, 0.4) is 0 Å². The number of allylic oxidation sites excluding steroid dienone is 14. The van der Waals surface area contributed by atoms with E-state index in [4.69, 9.17) is 23.3 Å². The normalized spacial score (nSPS) is 14.2. The van der Waals surface area contributed by atoms with Gasteiger partial charge in [0.2, 0.25) is 0 Å². The Balaban J connectivity index is 4.77. The molecule has 0 aromatic rings. The summed E-state index contributed by atoms with van der Waals surface area (Å²) in [5.74, 6) is -1.54. The Labute approximate surface area is 400 Å². The van der Waals surface area contributed by atoms with Crippen molar-refractivity contribution < 1.29 is 52.2 Å². The maximum absolute atomic E-state index is 12.8. The second-order valence-corrected chi connectivity index (χ2v) is 18.0. The molecule has 12 heteroatoms. The molecular weight excluding hydrogens is 856 g/mol. The molecule has 0 aliphatic heterocycles. The molecule has 0 heterocycles. The summed E-state index contributed by atoms with van der Waals surface area (Å²) in [7, 11) is -4.76. The van der Waals surface area contributed by atoms with Gasteiger partial charge in [-0.05, 0) is 89.9 Å². The predicted octanol–water partition coefficient (Wildman–Crippen LogP) is 14.4. The number of phosphoric ester groups is 1. The predicted molar refractivity (Wildman–Crippen MR) is 270 cm³/mol. The minimum atomic E-state index is -4.76. The minimum absolute atomic E-state index is 0.112. The number of aliphatic hydroxyl groups is 1. The van der Waals surface area contributed by atoms with Gasteiger partial charge in [0.05, 0.1) is 19.8 Å². The molecule has 0 saturated carbocycles. The highest BCUT2D eigenvalue weighted by atomic mass is 31.2. The maximum Gasteiger partial charge on any atom is 0.472 e. The molecule has 0 aromatic carbocycles. The van der Waals surface area contributed by atoms with Crippen molar-refractivity contribution in [2.75, 3.05) is 26.4 Å². The summed E-state index contributed by atoms with van der Waals surface area (Å²) in [6, 6.07) is 0. The van der Waals surface area contributed by atoms with Crippen LogP contribution < -0.4 is 0 Å². The van der Waals surface area contributed by atoms with Gasteiger partial charge in [-0.15, -0.1) is 0 Å². The van der Waals surface area contributed by atoms with E-state index in [1.165, 1.54) is 32.1 Å². The number of rotatable bonds is 46. The van der Waals surface area contributed by atoms with E-state index in [9.17, 15) is 28.9 Å². The van der Waals surface area contributed by atoms with Crippen molar-refractivity contribution in [3.63, 3.8) is 0 Å². The van der Waals surface area contributed by atoms with Crippen LogP contribution in [0.5, 0.6) is 0 Å². The highest BCUT2D eigenvalue weighted by Crippen LogP contribution is 2.43. The van der Waals surface area contributed by atoms with Gasteiger partial charge in [0, 0.05) is 19.3 Å².